The maximum absolute atomic E-state index is 6.13. The molecule has 0 saturated carbocycles. The maximum atomic E-state index is 6.13. The van der Waals surface area contributed by atoms with Crippen molar-refractivity contribution in [2.24, 2.45) is 11.7 Å². The van der Waals surface area contributed by atoms with Crippen molar-refractivity contribution in [3.05, 3.63) is 34.9 Å². The summed E-state index contributed by atoms with van der Waals surface area (Å²) < 4.78 is 0. The molecule has 0 radical (unpaired) electrons. The van der Waals surface area contributed by atoms with Gasteiger partial charge in [-0.1, -0.05) is 43.2 Å². The first kappa shape index (κ1) is 16.2. The summed E-state index contributed by atoms with van der Waals surface area (Å²) >= 11 is 0. The van der Waals surface area contributed by atoms with Crippen LogP contribution in [0.5, 0.6) is 0 Å². The molecule has 2 heteroatoms. The van der Waals surface area contributed by atoms with Gasteiger partial charge in [0.15, 0.2) is 0 Å². The van der Waals surface area contributed by atoms with Gasteiger partial charge in [-0.05, 0) is 52.3 Å². The van der Waals surface area contributed by atoms with E-state index in [4.69, 9.17) is 5.73 Å². The van der Waals surface area contributed by atoms with E-state index < -0.39 is 0 Å². The van der Waals surface area contributed by atoms with Crippen molar-refractivity contribution < 1.29 is 0 Å². The molecule has 1 aromatic carbocycles. The van der Waals surface area contributed by atoms with Crippen molar-refractivity contribution in [2.75, 3.05) is 13.6 Å². The van der Waals surface area contributed by atoms with Crippen LogP contribution in [0, 0.1) is 19.8 Å². The van der Waals surface area contributed by atoms with Gasteiger partial charge in [0.05, 0.1) is 0 Å². The molecule has 2 N–H and O–H groups in total. The van der Waals surface area contributed by atoms with Gasteiger partial charge < -0.3 is 5.73 Å². The lowest BCUT2D eigenvalue weighted by molar-refractivity contribution is 0.243. The molecular weight excluding hydrogens is 232 g/mol. The van der Waals surface area contributed by atoms with Gasteiger partial charge in [0.25, 0.3) is 0 Å². The second-order valence-corrected chi connectivity index (χ2v) is 6.27. The fraction of sp³-hybridized carbons (Fsp3) is 0.647. The highest BCUT2D eigenvalue weighted by atomic mass is 15.1. The van der Waals surface area contributed by atoms with Crippen molar-refractivity contribution in [3.8, 4) is 0 Å². The van der Waals surface area contributed by atoms with Gasteiger partial charge in [-0.15, -0.1) is 0 Å². The van der Waals surface area contributed by atoms with Gasteiger partial charge >= 0.3 is 0 Å². The summed E-state index contributed by atoms with van der Waals surface area (Å²) in [5, 5.41) is 0. The summed E-state index contributed by atoms with van der Waals surface area (Å²) in [5.74, 6) is 0.560. The fourth-order valence-electron chi connectivity index (χ4n) is 2.39. The molecule has 2 unspecified atom stereocenters. The van der Waals surface area contributed by atoms with E-state index in [0.717, 1.165) is 13.0 Å². The highest BCUT2D eigenvalue weighted by Crippen LogP contribution is 2.22. The maximum Gasteiger partial charge on any atom is 0.0317 e. The second kappa shape index (κ2) is 7.06. The Morgan fingerprint density at radius 2 is 1.58 bits per heavy atom. The molecule has 0 spiro atoms. The normalized spacial score (nSPS) is 15.0. The summed E-state index contributed by atoms with van der Waals surface area (Å²) in [5.41, 5.74) is 10.2. The molecule has 0 aromatic heterocycles. The van der Waals surface area contributed by atoms with Crippen LogP contribution in [0.3, 0.4) is 0 Å². The number of rotatable bonds is 6. The Morgan fingerprint density at radius 1 is 1.05 bits per heavy atom. The summed E-state index contributed by atoms with van der Waals surface area (Å²) in [6, 6.07) is 7.55. The first-order valence-corrected chi connectivity index (χ1v) is 7.35. The summed E-state index contributed by atoms with van der Waals surface area (Å²) in [7, 11) is 2.19. The molecule has 0 aliphatic rings. The number of benzene rings is 1. The number of nitrogens with two attached hydrogens (primary N) is 1. The molecule has 2 nitrogen and oxygen atoms in total. The molecule has 2 atom stereocenters. The Morgan fingerprint density at radius 3 is 2.05 bits per heavy atom. The summed E-state index contributed by atoms with van der Waals surface area (Å²) in [6.07, 6.45) is 1.06. The molecule has 0 bridgehead atoms. The first-order chi connectivity index (χ1) is 8.81. The van der Waals surface area contributed by atoms with Gasteiger partial charge in [-0.25, -0.2) is 0 Å². The molecule has 1 aromatic rings. The Kier molecular flexibility index (Phi) is 6.02. The molecule has 1 rings (SSSR count). The molecule has 0 saturated heterocycles. The zero-order valence-corrected chi connectivity index (χ0v) is 13.4. The van der Waals surface area contributed by atoms with Crippen molar-refractivity contribution in [1.82, 2.24) is 4.90 Å². The quantitative estimate of drug-likeness (QED) is 0.847. The van der Waals surface area contributed by atoms with Crippen molar-refractivity contribution in [3.63, 3.8) is 0 Å². The van der Waals surface area contributed by atoms with Gasteiger partial charge in [0.2, 0.25) is 0 Å². The Labute approximate surface area is 119 Å². The third-order valence-corrected chi connectivity index (χ3v) is 4.06. The zero-order valence-electron chi connectivity index (χ0n) is 13.4. The van der Waals surface area contributed by atoms with E-state index in [1.54, 1.807) is 0 Å². The fourth-order valence-corrected chi connectivity index (χ4v) is 2.39. The van der Waals surface area contributed by atoms with Crippen LogP contribution in [0.1, 0.15) is 49.9 Å². The van der Waals surface area contributed by atoms with Crippen molar-refractivity contribution in [2.45, 2.75) is 53.1 Å². The van der Waals surface area contributed by atoms with E-state index in [-0.39, 0.29) is 0 Å². The topological polar surface area (TPSA) is 29.3 Å². The molecule has 0 amide bonds. The molecular formula is C17H30N2. The van der Waals surface area contributed by atoms with Crippen LogP contribution in [0.25, 0.3) is 0 Å². The van der Waals surface area contributed by atoms with Gasteiger partial charge in [-0.2, -0.15) is 0 Å². The zero-order chi connectivity index (χ0) is 14.6. The average molecular weight is 262 g/mol. The average Bonchev–Trinajstić information content (AvgIpc) is 2.33. The van der Waals surface area contributed by atoms with Gasteiger partial charge in [0, 0.05) is 12.1 Å². The minimum absolute atomic E-state index is 0.300. The number of nitrogens with zero attached hydrogens (tertiary/aromatic N) is 1. The molecule has 0 fully saturated rings. The SMILES string of the molecule is Cc1cc(C)cc(C(C)N(C)CCC(N)C(C)C)c1. The lowest BCUT2D eigenvalue weighted by Crippen LogP contribution is -2.33. The first-order valence-electron chi connectivity index (χ1n) is 7.35. The highest BCUT2D eigenvalue weighted by molar-refractivity contribution is 5.30. The molecule has 0 aliphatic heterocycles. The van der Waals surface area contributed by atoms with Crippen molar-refractivity contribution in [1.29, 1.82) is 0 Å². The third-order valence-electron chi connectivity index (χ3n) is 4.06. The predicted octanol–water partition coefficient (Wildman–Crippen LogP) is 3.67. The van der Waals surface area contributed by atoms with E-state index in [2.05, 4.69) is 64.8 Å². The van der Waals surface area contributed by atoms with Crippen LogP contribution >= 0.6 is 0 Å². The second-order valence-electron chi connectivity index (χ2n) is 6.27. The van der Waals surface area contributed by atoms with E-state index in [1.807, 2.05) is 0 Å². The van der Waals surface area contributed by atoms with Gasteiger partial charge in [0.1, 0.15) is 0 Å². The molecule has 0 aliphatic carbocycles. The lowest BCUT2D eigenvalue weighted by atomic mass is 9.99. The Balaban J connectivity index is 2.63. The van der Waals surface area contributed by atoms with Gasteiger partial charge in [-0.3, -0.25) is 4.90 Å². The van der Waals surface area contributed by atoms with Crippen LogP contribution in [0.2, 0.25) is 0 Å². The van der Waals surface area contributed by atoms with E-state index >= 15 is 0 Å². The van der Waals surface area contributed by atoms with E-state index in [9.17, 15) is 0 Å². The largest absolute Gasteiger partial charge is 0.327 e. The number of hydrogen-bond acceptors (Lipinski definition) is 2. The summed E-state index contributed by atoms with van der Waals surface area (Å²) in [6.45, 7) is 12.0. The third kappa shape index (κ3) is 4.96. The van der Waals surface area contributed by atoms with Crippen LogP contribution in [0.15, 0.2) is 18.2 Å². The molecule has 108 valence electrons. The lowest BCUT2D eigenvalue weighted by Gasteiger charge is -2.27. The Bertz CT molecular complexity index is 378. The predicted molar refractivity (Wildman–Crippen MR) is 84.4 cm³/mol. The summed E-state index contributed by atoms with van der Waals surface area (Å²) in [4.78, 5) is 2.40. The number of hydrogen-bond donors (Lipinski definition) is 1. The van der Waals surface area contributed by atoms with Crippen LogP contribution in [0.4, 0.5) is 0 Å². The number of aryl methyl sites for hydroxylation is 2. The minimum Gasteiger partial charge on any atom is -0.327 e. The minimum atomic E-state index is 0.300. The standard InChI is InChI=1S/C17H30N2/c1-12(2)17(18)7-8-19(6)15(5)16-10-13(3)9-14(4)11-16/h9-12,15,17H,7-8,18H2,1-6H3. The smallest absolute Gasteiger partial charge is 0.0317 e. The van der Waals surface area contributed by atoms with Crippen LogP contribution in [-0.4, -0.2) is 24.5 Å². The molecule has 0 heterocycles. The van der Waals surface area contributed by atoms with Crippen LogP contribution in [-0.2, 0) is 0 Å². The molecule has 19 heavy (non-hydrogen) atoms. The Hall–Kier alpha value is -0.860. The van der Waals surface area contributed by atoms with Crippen LogP contribution < -0.4 is 5.73 Å². The van der Waals surface area contributed by atoms with E-state index in [1.165, 1.54) is 16.7 Å². The highest BCUT2D eigenvalue weighted by Gasteiger charge is 2.14. The van der Waals surface area contributed by atoms with E-state index in [0.29, 0.717) is 18.0 Å². The van der Waals surface area contributed by atoms with Crippen molar-refractivity contribution >= 4 is 0 Å². The monoisotopic (exact) mass is 262 g/mol.